The second kappa shape index (κ2) is 6.80. The van der Waals surface area contributed by atoms with Gasteiger partial charge in [-0.2, -0.15) is 4.98 Å². The molecule has 86 valence electrons. The van der Waals surface area contributed by atoms with Gasteiger partial charge in [-0.3, -0.25) is 0 Å². The van der Waals surface area contributed by atoms with Crippen molar-refractivity contribution in [3.05, 3.63) is 11.7 Å². The van der Waals surface area contributed by atoms with Gasteiger partial charge < -0.3 is 9.26 Å². The average molecular weight is 233 g/mol. The lowest BCUT2D eigenvalue weighted by Crippen LogP contribution is -1.96. The van der Waals surface area contributed by atoms with E-state index in [0.717, 1.165) is 32.5 Å². The molecule has 5 heteroatoms. The quantitative estimate of drug-likeness (QED) is 0.536. The van der Waals surface area contributed by atoms with Crippen molar-refractivity contribution in [2.24, 2.45) is 0 Å². The Morgan fingerprint density at radius 3 is 2.93 bits per heavy atom. The van der Waals surface area contributed by atoms with E-state index in [4.69, 9.17) is 20.9 Å². The lowest BCUT2D eigenvalue weighted by Gasteiger charge is -1.97. The number of nitrogens with zero attached hydrogens (tertiary/aromatic N) is 2. The molecular formula is C10H17ClN2O2. The van der Waals surface area contributed by atoms with Crippen molar-refractivity contribution >= 4 is 11.6 Å². The van der Waals surface area contributed by atoms with E-state index >= 15 is 0 Å². The molecule has 0 radical (unpaired) electrons. The van der Waals surface area contributed by atoms with E-state index in [1.165, 1.54) is 0 Å². The Hall–Kier alpha value is -0.610. The fourth-order valence-corrected chi connectivity index (χ4v) is 1.24. The molecule has 0 aliphatic rings. The standard InChI is InChI=1S/C10H17ClN2O2/c1-3-8(11)10-12-9(15-13-10)6-5-7-14-4-2/h8H,3-7H2,1-2H3. The lowest BCUT2D eigenvalue weighted by molar-refractivity contribution is 0.143. The Balaban J connectivity index is 2.33. The summed E-state index contributed by atoms with van der Waals surface area (Å²) in [5, 5.41) is 3.68. The minimum Gasteiger partial charge on any atom is -0.382 e. The fourth-order valence-electron chi connectivity index (χ4n) is 1.15. The van der Waals surface area contributed by atoms with Crippen LogP contribution in [0.4, 0.5) is 0 Å². The van der Waals surface area contributed by atoms with Crippen molar-refractivity contribution < 1.29 is 9.26 Å². The predicted molar refractivity (Wildman–Crippen MR) is 58.0 cm³/mol. The summed E-state index contributed by atoms with van der Waals surface area (Å²) in [6.45, 7) is 5.44. The zero-order chi connectivity index (χ0) is 11.1. The molecule has 0 saturated carbocycles. The maximum atomic E-state index is 5.98. The molecule has 15 heavy (non-hydrogen) atoms. The number of alkyl halides is 1. The number of aromatic nitrogens is 2. The van der Waals surface area contributed by atoms with Gasteiger partial charge in [-0.1, -0.05) is 12.1 Å². The van der Waals surface area contributed by atoms with E-state index in [0.29, 0.717) is 11.7 Å². The molecular weight excluding hydrogens is 216 g/mol. The van der Waals surface area contributed by atoms with E-state index in [1.807, 2.05) is 13.8 Å². The van der Waals surface area contributed by atoms with Gasteiger partial charge in [0.1, 0.15) is 0 Å². The van der Waals surface area contributed by atoms with Gasteiger partial charge in [-0.25, -0.2) is 0 Å². The van der Waals surface area contributed by atoms with Crippen LogP contribution in [0.15, 0.2) is 4.52 Å². The Morgan fingerprint density at radius 2 is 2.27 bits per heavy atom. The molecule has 0 amide bonds. The zero-order valence-electron chi connectivity index (χ0n) is 9.20. The van der Waals surface area contributed by atoms with Crippen LogP contribution in [0.2, 0.25) is 0 Å². The Bertz CT molecular complexity index is 278. The van der Waals surface area contributed by atoms with Crippen LogP contribution in [0, 0.1) is 0 Å². The summed E-state index contributed by atoms with van der Waals surface area (Å²) in [6, 6.07) is 0. The first-order valence-corrected chi connectivity index (χ1v) is 5.75. The molecule has 1 unspecified atom stereocenters. The first-order chi connectivity index (χ1) is 7.27. The molecule has 1 rings (SSSR count). The molecule has 1 aromatic rings. The summed E-state index contributed by atoms with van der Waals surface area (Å²) in [6.07, 6.45) is 2.45. The Labute approximate surface area is 95.0 Å². The van der Waals surface area contributed by atoms with Gasteiger partial charge in [0.25, 0.3) is 0 Å². The SMILES string of the molecule is CCOCCCc1nc(C(Cl)CC)no1. The van der Waals surface area contributed by atoms with Gasteiger partial charge in [-0.05, 0) is 19.8 Å². The number of rotatable bonds is 7. The number of aryl methyl sites for hydroxylation is 1. The highest BCUT2D eigenvalue weighted by Gasteiger charge is 2.13. The van der Waals surface area contributed by atoms with Crippen LogP contribution in [0.1, 0.15) is 43.8 Å². The largest absolute Gasteiger partial charge is 0.382 e. The summed E-state index contributed by atoms with van der Waals surface area (Å²) < 4.78 is 10.3. The van der Waals surface area contributed by atoms with Gasteiger partial charge in [0.05, 0.1) is 5.38 Å². The summed E-state index contributed by atoms with van der Waals surface area (Å²) in [5.41, 5.74) is 0. The molecule has 0 aliphatic heterocycles. The molecule has 0 fully saturated rings. The van der Waals surface area contributed by atoms with Gasteiger partial charge in [0.2, 0.25) is 5.89 Å². The van der Waals surface area contributed by atoms with Crippen molar-refractivity contribution in [3.8, 4) is 0 Å². The smallest absolute Gasteiger partial charge is 0.226 e. The van der Waals surface area contributed by atoms with Gasteiger partial charge >= 0.3 is 0 Å². The molecule has 0 aliphatic carbocycles. The van der Waals surface area contributed by atoms with Crippen LogP contribution < -0.4 is 0 Å². The van der Waals surface area contributed by atoms with Gasteiger partial charge in [0.15, 0.2) is 5.82 Å². The molecule has 1 atom stereocenters. The average Bonchev–Trinajstić information content (AvgIpc) is 2.72. The number of halogens is 1. The minimum absolute atomic E-state index is 0.144. The maximum Gasteiger partial charge on any atom is 0.226 e. The monoisotopic (exact) mass is 232 g/mol. The van der Waals surface area contributed by atoms with Crippen molar-refractivity contribution in [2.45, 2.75) is 38.5 Å². The molecule has 0 aromatic carbocycles. The highest BCUT2D eigenvalue weighted by atomic mass is 35.5. The summed E-state index contributed by atoms with van der Waals surface area (Å²) >= 11 is 5.98. The van der Waals surface area contributed by atoms with Crippen LogP contribution >= 0.6 is 11.6 Å². The number of ether oxygens (including phenoxy) is 1. The highest BCUT2D eigenvalue weighted by molar-refractivity contribution is 6.20. The molecule has 4 nitrogen and oxygen atoms in total. The summed E-state index contributed by atoms with van der Waals surface area (Å²) in [7, 11) is 0. The number of hydrogen-bond donors (Lipinski definition) is 0. The van der Waals surface area contributed by atoms with E-state index in [-0.39, 0.29) is 5.38 Å². The first-order valence-electron chi connectivity index (χ1n) is 5.32. The second-order valence-electron chi connectivity index (χ2n) is 3.22. The van der Waals surface area contributed by atoms with Crippen LogP contribution in [0.3, 0.4) is 0 Å². The molecule has 1 heterocycles. The zero-order valence-corrected chi connectivity index (χ0v) is 9.96. The minimum atomic E-state index is -0.144. The van der Waals surface area contributed by atoms with Crippen LogP contribution in [-0.4, -0.2) is 23.4 Å². The third-order valence-electron chi connectivity index (χ3n) is 2.01. The van der Waals surface area contributed by atoms with Crippen molar-refractivity contribution in [1.82, 2.24) is 10.1 Å². The second-order valence-corrected chi connectivity index (χ2v) is 3.75. The van der Waals surface area contributed by atoms with E-state index in [9.17, 15) is 0 Å². The number of hydrogen-bond acceptors (Lipinski definition) is 4. The molecule has 1 aromatic heterocycles. The van der Waals surface area contributed by atoms with E-state index in [1.54, 1.807) is 0 Å². The Kier molecular flexibility index (Phi) is 5.65. The first kappa shape index (κ1) is 12.5. The van der Waals surface area contributed by atoms with Crippen molar-refractivity contribution in [3.63, 3.8) is 0 Å². The normalized spacial score (nSPS) is 13.0. The third-order valence-corrected chi connectivity index (χ3v) is 2.51. The van der Waals surface area contributed by atoms with Gasteiger partial charge in [0, 0.05) is 19.6 Å². The Morgan fingerprint density at radius 1 is 1.47 bits per heavy atom. The van der Waals surface area contributed by atoms with Crippen LogP contribution in [0.25, 0.3) is 0 Å². The topological polar surface area (TPSA) is 48.2 Å². The maximum absolute atomic E-state index is 5.98. The molecule has 0 N–H and O–H groups in total. The molecule has 0 saturated heterocycles. The van der Waals surface area contributed by atoms with Gasteiger partial charge in [-0.15, -0.1) is 11.6 Å². The van der Waals surface area contributed by atoms with Crippen LogP contribution in [0.5, 0.6) is 0 Å². The van der Waals surface area contributed by atoms with E-state index < -0.39 is 0 Å². The predicted octanol–water partition coefficient (Wildman–Crippen LogP) is 2.73. The van der Waals surface area contributed by atoms with Crippen LogP contribution in [-0.2, 0) is 11.2 Å². The molecule has 0 spiro atoms. The van der Waals surface area contributed by atoms with Crippen molar-refractivity contribution in [2.75, 3.05) is 13.2 Å². The van der Waals surface area contributed by atoms with Crippen molar-refractivity contribution in [1.29, 1.82) is 0 Å². The highest BCUT2D eigenvalue weighted by Crippen LogP contribution is 2.20. The fraction of sp³-hybridized carbons (Fsp3) is 0.800. The summed E-state index contributed by atoms with van der Waals surface area (Å²) in [5.74, 6) is 1.23. The molecule has 0 bridgehead atoms. The third kappa shape index (κ3) is 4.18. The lowest BCUT2D eigenvalue weighted by atomic mass is 10.3. The summed E-state index contributed by atoms with van der Waals surface area (Å²) in [4.78, 5) is 4.21. The van der Waals surface area contributed by atoms with E-state index in [2.05, 4.69) is 10.1 Å².